The van der Waals surface area contributed by atoms with Crippen LogP contribution in [0.5, 0.6) is 0 Å². The maximum absolute atomic E-state index is 11.2. The van der Waals surface area contributed by atoms with Gasteiger partial charge >= 0.3 is 5.97 Å². The van der Waals surface area contributed by atoms with E-state index < -0.39 is 5.97 Å². The van der Waals surface area contributed by atoms with Gasteiger partial charge in [0.15, 0.2) is 0 Å². The molecule has 1 N–H and O–H groups in total. The molecule has 1 saturated heterocycles. The Morgan fingerprint density at radius 1 is 1.50 bits per heavy atom. The smallest absolute Gasteiger partial charge is 0.352 e. The molecule has 2 rings (SSSR count). The number of aromatic carboxylic acids is 1. The second-order valence-electron chi connectivity index (χ2n) is 4.83. The molecule has 0 unspecified atom stereocenters. The third kappa shape index (κ3) is 3.06. The summed E-state index contributed by atoms with van der Waals surface area (Å²) in [4.78, 5) is 13.7. The molecule has 1 aliphatic rings. The molecule has 1 aromatic heterocycles. The second-order valence-corrected chi connectivity index (χ2v) is 6.07. The average molecular weight is 362 g/mol. The number of aromatic nitrogens is 1. The molecule has 0 aliphatic carbocycles. The Labute approximate surface area is 121 Å². The summed E-state index contributed by atoms with van der Waals surface area (Å²) in [7, 11) is 0. The molecule has 18 heavy (non-hydrogen) atoms. The highest BCUT2D eigenvalue weighted by Crippen LogP contribution is 2.26. The Hall–Kier alpha value is -0.560. The van der Waals surface area contributed by atoms with Crippen LogP contribution in [0.25, 0.3) is 0 Å². The summed E-state index contributed by atoms with van der Waals surface area (Å²) in [5, 5.41) is 9.21. The van der Waals surface area contributed by atoms with E-state index in [0.29, 0.717) is 11.7 Å². The van der Waals surface area contributed by atoms with Gasteiger partial charge in [-0.1, -0.05) is 6.92 Å². The zero-order valence-corrected chi connectivity index (χ0v) is 12.8. The van der Waals surface area contributed by atoms with Crippen molar-refractivity contribution in [2.75, 3.05) is 19.6 Å². The van der Waals surface area contributed by atoms with Crippen LogP contribution in [0, 0.1) is 3.57 Å². The van der Waals surface area contributed by atoms with Crippen LogP contribution in [0.4, 0.5) is 0 Å². The van der Waals surface area contributed by atoms with E-state index in [1.165, 1.54) is 6.42 Å². The summed E-state index contributed by atoms with van der Waals surface area (Å²) < 4.78 is 2.95. The number of carboxylic acids is 1. The highest BCUT2D eigenvalue weighted by molar-refractivity contribution is 14.1. The van der Waals surface area contributed by atoms with Crippen molar-refractivity contribution in [2.45, 2.75) is 32.2 Å². The normalized spacial score (nSPS) is 18.1. The first-order valence-electron chi connectivity index (χ1n) is 6.45. The predicted octanol–water partition coefficient (Wildman–Crippen LogP) is 2.84. The SMILES string of the molecule is CCCN1CCC(n2cc(I)cc2C(=O)O)CC1. The molecule has 0 atom stereocenters. The molecule has 0 spiro atoms. The molecule has 1 fully saturated rings. The number of carboxylic acid groups (broad SMARTS) is 1. The van der Waals surface area contributed by atoms with Crippen LogP contribution < -0.4 is 0 Å². The fourth-order valence-electron chi connectivity index (χ4n) is 2.66. The number of hydrogen-bond donors (Lipinski definition) is 1. The number of hydrogen-bond acceptors (Lipinski definition) is 2. The van der Waals surface area contributed by atoms with E-state index in [9.17, 15) is 9.90 Å². The van der Waals surface area contributed by atoms with Gasteiger partial charge in [0.25, 0.3) is 0 Å². The first-order valence-corrected chi connectivity index (χ1v) is 7.52. The monoisotopic (exact) mass is 362 g/mol. The van der Waals surface area contributed by atoms with Gasteiger partial charge in [-0.15, -0.1) is 0 Å². The van der Waals surface area contributed by atoms with E-state index in [0.717, 1.165) is 36.0 Å². The summed E-state index contributed by atoms with van der Waals surface area (Å²) >= 11 is 2.18. The van der Waals surface area contributed by atoms with Crippen LogP contribution in [0.15, 0.2) is 12.3 Å². The van der Waals surface area contributed by atoms with Gasteiger partial charge in [0, 0.05) is 28.9 Å². The number of rotatable bonds is 4. The van der Waals surface area contributed by atoms with Crippen LogP contribution >= 0.6 is 22.6 Å². The molecule has 2 heterocycles. The molecule has 100 valence electrons. The van der Waals surface area contributed by atoms with E-state index >= 15 is 0 Å². The lowest BCUT2D eigenvalue weighted by atomic mass is 10.0. The summed E-state index contributed by atoms with van der Waals surface area (Å²) in [6.07, 6.45) is 5.24. The summed E-state index contributed by atoms with van der Waals surface area (Å²) in [6.45, 7) is 5.50. The topological polar surface area (TPSA) is 45.5 Å². The zero-order chi connectivity index (χ0) is 13.1. The lowest BCUT2D eigenvalue weighted by Gasteiger charge is -2.33. The largest absolute Gasteiger partial charge is 0.477 e. The Bertz CT molecular complexity index is 423. The number of piperidine rings is 1. The maximum Gasteiger partial charge on any atom is 0.352 e. The van der Waals surface area contributed by atoms with E-state index in [-0.39, 0.29) is 0 Å². The predicted molar refractivity (Wildman–Crippen MR) is 79.1 cm³/mol. The van der Waals surface area contributed by atoms with Crippen molar-refractivity contribution in [2.24, 2.45) is 0 Å². The van der Waals surface area contributed by atoms with Crippen molar-refractivity contribution in [1.82, 2.24) is 9.47 Å². The molecular formula is C13H19IN2O2. The standard InChI is InChI=1S/C13H19IN2O2/c1-2-5-15-6-3-11(4-7-15)16-9-10(14)8-12(16)13(17)18/h8-9,11H,2-7H2,1H3,(H,17,18). The molecule has 1 aliphatic heterocycles. The zero-order valence-electron chi connectivity index (χ0n) is 10.6. The summed E-state index contributed by atoms with van der Waals surface area (Å²) in [5.74, 6) is -0.825. The van der Waals surface area contributed by atoms with Gasteiger partial charge in [0.2, 0.25) is 0 Å². The fraction of sp³-hybridized carbons (Fsp3) is 0.615. The number of nitrogens with zero attached hydrogens (tertiary/aromatic N) is 2. The van der Waals surface area contributed by atoms with Gasteiger partial charge in [-0.3, -0.25) is 0 Å². The van der Waals surface area contributed by atoms with Crippen molar-refractivity contribution >= 4 is 28.6 Å². The van der Waals surface area contributed by atoms with Gasteiger partial charge in [0.1, 0.15) is 5.69 Å². The maximum atomic E-state index is 11.2. The minimum absolute atomic E-state index is 0.340. The van der Waals surface area contributed by atoms with Crippen molar-refractivity contribution in [1.29, 1.82) is 0 Å². The van der Waals surface area contributed by atoms with Crippen molar-refractivity contribution in [3.8, 4) is 0 Å². The molecule has 4 nitrogen and oxygen atoms in total. The molecule has 0 radical (unpaired) electrons. The van der Waals surface area contributed by atoms with Crippen LogP contribution in [0.1, 0.15) is 42.7 Å². The number of likely N-dealkylation sites (tertiary alicyclic amines) is 1. The van der Waals surface area contributed by atoms with Gasteiger partial charge in [-0.2, -0.15) is 0 Å². The summed E-state index contributed by atoms with van der Waals surface area (Å²) in [5.41, 5.74) is 0.424. The van der Waals surface area contributed by atoms with Gasteiger partial charge in [-0.05, 0) is 54.5 Å². The Morgan fingerprint density at radius 2 is 2.17 bits per heavy atom. The molecular weight excluding hydrogens is 343 g/mol. The Morgan fingerprint density at radius 3 is 2.72 bits per heavy atom. The average Bonchev–Trinajstić information content (AvgIpc) is 2.73. The first-order chi connectivity index (χ1) is 8.61. The fourth-order valence-corrected chi connectivity index (χ4v) is 3.25. The van der Waals surface area contributed by atoms with E-state index in [4.69, 9.17) is 0 Å². The van der Waals surface area contributed by atoms with Crippen molar-refractivity contribution < 1.29 is 9.90 Å². The van der Waals surface area contributed by atoms with E-state index in [2.05, 4.69) is 34.4 Å². The second kappa shape index (κ2) is 6.06. The van der Waals surface area contributed by atoms with E-state index in [1.807, 2.05) is 10.8 Å². The third-order valence-electron chi connectivity index (χ3n) is 3.52. The Kier molecular flexibility index (Phi) is 4.66. The molecule has 0 bridgehead atoms. The van der Waals surface area contributed by atoms with Gasteiger partial charge < -0.3 is 14.6 Å². The minimum Gasteiger partial charge on any atom is -0.477 e. The van der Waals surface area contributed by atoms with Crippen molar-refractivity contribution in [3.05, 3.63) is 21.5 Å². The number of halogens is 1. The molecule has 0 aromatic carbocycles. The highest BCUT2D eigenvalue weighted by Gasteiger charge is 2.23. The quantitative estimate of drug-likeness (QED) is 0.838. The van der Waals surface area contributed by atoms with E-state index in [1.54, 1.807) is 6.07 Å². The van der Waals surface area contributed by atoms with Gasteiger partial charge in [-0.25, -0.2) is 4.79 Å². The highest BCUT2D eigenvalue weighted by atomic mass is 127. The summed E-state index contributed by atoms with van der Waals surface area (Å²) in [6, 6.07) is 2.09. The number of carbonyl (C=O) groups is 1. The van der Waals surface area contributed by atoms with Crippen LogP contribution in [0.3, 0.4) is 0 Å². The molecule has 1 aromatic rings. The van der Waals surface area contributed by atoms with Gasteiger partial charge in [0.05, 0.1) is 0 Å². The molecule has 5 heteroatoms. The van der Waals surface area contributed by atoms with Crippen LogP contribution in [0.2, 0.25) is 0 Å². The van der Waals surface area contributed by atoms with Crippen LogP contribution in [-0.2, 0) is 0 Å². The minimum atomic E-state index is -0.825. The Balaban J connectivity index is 2.07. The molecule has 0 saturated carbocycles. The lowest BCUT2D eigenvalue weighted by molar-refractivity contribution is 0.0678. The molecule has 0 amide bonds. The third-order valence-corrected chi connectivity index (χ3v) is 4.11. The lowest BCUT2D eigenvalue weighted by Crippen LogP contribution is -2.35. The van der Waals surface area contributed by atoms with Crippen LogP contribution in [-0.4, -0.2) is 40.2 Å². The first kappa shape index (κ1) is 13.9. The van der Waals surface area contributed by atoms with Crippen molar-refractivity contribution in [3.63, 3.8) is 0 Å².